The van der Waals surface area contributed by atoms with Crippen LogP contribution in [0.4, 0.5) is 5.69 Å². The fourth-order valence-corrected chi connectivity index (χ4v) is 1.21. The van der Waals surface area contributed by atoms with Gasteiger partial charge in [0.1, 0.15) is 18.4 Å². The summed E-state index contributed by atoms with van der Waals surface area (Å²) in [6.07, 6.45) is 2.38. The molecule has 1 amide bonds. The number of nitrogens with one attached hydrogen (secondary N) is 1. The number of hydrogen-bond acceptors (Lipinski definition) is 4. The molecule has 1 aromatic heterocycles. The first-order valence-electron chi connectivity index (χ1n) is 5.38. The van der Waals surface area contributed by atoms with Gasteiger partial charge in [0, 0.05) is 6.54 Å². The fourth-order valence-electron chi connectivity index (χ4n) is 1.21. The third-order valence-corrected chi connectivity index (χ3v) is 2.26. The first-order valence-corrected chi connectivity index (χ1v) is 5.38. The van der Waals surface area contributed by atoms with Gasteiger partial charge in [-0.15, -0.1) is 0 Å². The SMILES string of the molecule is CC(C)CNC(=O)C(C)n1cc([N+](=O)[O-])cn1. The molecule has 0 saturated carbocycles. The summed E-state index contributed by atoms with van der Waals surface area (Å²) in [5.74, 6) is 0.162. The molecule has 7 heteroatoms. The topological polar surface area (TPSA) is 90.1 Å². The third-order valence-electron chi connectivity index (χ3n) is 2.26. The molecule has 1 heterocycles. The second-order valence-electron chi connectivity index (χ2n) is 4.25. The number of rotatable bonds is 5. The molecule has 0 aliphatic carbocycles. The normalized spacial score (nSPS) is 12.5. The summed E-state index contributed by atoms with van der Waals surface area (Å²) >= 11 is 0. The third kappa shape index (κ3) is 3.54. The molecule has 7 nitrogen and oxygen atoms in total. The van der Waals surface area contributed by atoms with Gasteiger partial charge < -0.3 is 5.32 Å². The molecule has 1 unspecified atom stereocenters. The Morgan fingerprint density at radius 2 is 2.24 bits per heavy atom. The standard InChI is InChI=1S/C10H16N4O3/c1-7(2)4-11-10(15)8(3)13-6-9(5-12-13)14(16)17/h5-8H,4H2,1-3H3,(H,11,15). The van der Waals surface area contributed by atoms with E-state index in [1.54, 1.807) is 6.92 Å². The second-order valence-corrected chi connectivity index (χ2v) is 4.25. The number of nitro groups is 1. The van der Waals surface area contributed by atoms with Gasteiger partial charge in [0.15, 0.2) is 0 Å². The van der Waals surface area contributed by atoms with E-state index in [-0.39, 0.29) is 11.6 Å². The Morgan fingerprint density at radius 3 is 2.71 bits per heavy atom. The summed E-state index contributed by atoms with van der Waals surface area (Å²) in [6.45, 7) is 6.20. The van der Waals surface area contributed by atoms with Crippen LogP contribution in [0.25, 0.3) is 0 Å². The summed E-state index contributed by atoms with van der Waals surface area (Å²) in [7, 11) is 0. The molecule has 0 aliphatic heterocycles. The molecule has 1 aromatic rings. The Balaban J connectivity index is 2.64. The predicted molar refractivity (Wildman–Crippen MR) is 61.4 cm³/mol. The van der Waals surface area contributed by atoms with Crippen LogP contribution >= 0.6 is 0 Å². The van der Waals surface area contributed by atoms with Gasteiger partial charge in [-0.1, -0.05) is 13.8 Å². The highest BCUT2D eigenvalue weighted by Gasteiger charge is 2.18. The summed E-state index contributed by atoms with van der Waals surface area (Å²) in [4.78, 5) is 21.6. The monoisotopic (exact) mass is 240 g/mol. The van der Waals surface area contributed by atoms with E-state index in [1.165, 1.54) is 10.9 Å². The number of nitrogens with zero attached hydrogens (tertiary/aromatic N) is 3. The minimum atomic E-state index is -0.553. The Labute approximate surface area is 99.0 Å². The van der Waals surface area contributed by atoms with Gasteiger partial charge in [-0.2, -0.15) is 5.10 Å². The summed E-state index contributed by atoms with van der Waals surface area (Å²) in [5.41, 5.74) is -0.117. The Kier molecular flexibility index (Phi) is 4.19. The van der Waals surface area contributed by atoms with Crippen LogP contribution in [-0.4, -0.2) is 27.2 Å². The van der Waals surface area contributed by atoms with Crippen LogP contribution in [0.2, 0.25) is 0 Å². The Morgan fingerprint density at radius 1 is 1.59 bits per heavy atom. The molecule has 0 fully saturated rings. The molecule has 0 bridgehead atoms. The maximum atomic E-state index is 11.7. The van der Waals surface area contributed by atoms with Crippen LogP contribution in [0.1, 0.15) is 26.8 Å². The maximum Gasteiger partial charge on any atom is 0.307 e. The van der Waals surface area contributed by atoms with Crippen LogP contribution in [0.3, 0.4) is 0 Å². The molecule has 0 spiro atoms. The van der Waals surface area contributed by atoms with Crippen molar-refractivity contribution in [3.8, 4) is 0 Å². The van der Waals surface area contributed by atoms with Crippen LogP contribution in [0.15, 0.2) is 12.4 Å². The second kappa shape index (κ2) is 5.42. The van der Waals surface area contributed by atoms with Crippen molar-refractivity contribution in [2.45, 2.75) is 26.8 Å². The number of carbonyl (C=O) groups excluding carboxylic acids is 1. The highest BCUT2D eigenvalue weighted by atomic mass is 16.6. The van der Waals surface area contributed by atoms with E-state index in [2.05, 4.69) is 10.4 Å². The molecule has 0 radical (unpaired) electrons. The highest BCUT2D eigenvalue weighted by Crippen LogP contribution is 2.12. The van der Waals surface area contributed by atoms with Gasteiger partial charge in [0.25, 0.3) is 0 Å². The molecule has 1 atom stereocenters. The molecule has 0 aromatic carbocycles. The zero-order chi connectivity index (χ0) is 13.0. The number of aromatic nitrogens is 2. The van der Waals surface area contributed by atoms with Crippen molar-refractivity contribution in [3.63, 3.8) is 0 Å². The van der Waals surface area contributed by atoms with E-state index in [9.17, 15) is 14.9 Å². The molecule has 0 aliphatic rings. The van der Waals surface area contributed by atoms with Crippen LogP contribution in [0.5, 0.6) is 0 Å². The lowest BCUT2D eigenvalue weighted by Crippen LogP contribution is -2.33. The lowest BCUT2D eigenvalue weighted by atomic mass is 10.2. The Hall–Kier alpha value is -1.92. The van der Waals surface area contributed by atoms with E-state index in [4.69, 9.17) is 0 Å². The van der Waals surface area contributed by atoms with Crippen LogP contribution < -0.4 is 5.32 Å². The van der Waals surface area contributed by atoms with E-state index in [0.29, 0.717) is 12.5 Å². The van der Waals surface area contributed by atoms with Gasteiger partial charge in [-0.25, -0.2) is 0 Å². The largest absolute Gasteiger partial charge is 0.354 e. The van der Waals surface area contributed by atoms with E-state index in [1.807, 2.05) is 13.8 Å². The van der Waals surface area contributed by atoms with E-state index in [0.717, 1.165) is 6.20 Å². The first-order chi connectivity index (χ1) is 7.91. The average Bonchev–Trinajstić information content (AvgIpc) is 2.73. The van der Waals surface area contributed by atoms with Crippen molar-refractivity contribution in [2.75, 3.05) is 6.54 Å². The van der Waals surface area contributed by atoms with E-state index < -0.39 is 11.0 Å². The highest BCUT2D eigenvalue weighted by molar-refractivity contribution is 5.79. The lowest BCUT2D eigenvalue weighted by Gasteiger charge is -2.13. The smallest absolute Gasteiger partial charge is 0.307 e. The zero-order valence-corrected chi connectivity index (χ0v) is 10.1. The van der Waals surface area contributed by atoms with Crippen LogP contribution in [-0.2, 0) is 4.79 Å². The lowest BCUT2D eigenvalue weighted by molar-refractivity contribution is -0.385. The van der Waals surface area contributed by atoms with Gasteiger partial charge in [-0.05, 0) is 12.8 Å². The molecule has 94 valence electrons. The van der Waals surface area contributed by atoms with Gasteiger partial charge in [0.2, 0.25) is 5.91 Å². The van der Waals surface area contributed by atoms with Crippen molar-refractivity contribution >= 4 is 11.6 Å². The van der Waals surface area contributed by atoms with Crippen molar-refractivity contribution in [3.05, 3.63) is 22.5 Å². The zero-order valence-electron chi connectivity index (χ0n) is 10.1. The van der Waals surface area contributed by atoms with Crippen molar-refractivity contribution in [1.29, 1.82) is 0 Å². The molecule has 1 N–H and O–H groups in total. The summed E-state index contributed by atoms with van der Waals surface area (Å²) in [6, 6.07) is -0.553. The van der Waals surface area contributed by atoms with Gasteiger partial charge >= 0.3 is 5.69 Å². The summed E-state index contributed by atoms with van der Waals surface area (Å²) in [5, 5.41) is 17.0. The number of amides is 1. The quantitative estimate of drug-likeness (QED) is 0.617. The first kappa shape index (κ1) is 13.1. The van der Waals surface area contributed by atoms with Gasteiger partial charge in [0.05, 0.1) is 4.92 Å². The molecular formula is C10H16N4O3. The molecular weight excluding hydrogens is 224 g/mol. The predicted octanol–water partition coefficient (Wildman–Crippen LogP) is 1.12. The average molecular weight is 240 g/mol. The molecule has 17 heavy (non-hydrogen) atoms. The van der Waals surface area contributed by atoms with Crippen molar-refractivity contribution < 1.29 is 9.72 Å². The summed E-state index contributed by atoms with van der Waals surface area (Å²) < 4.78 is 1.29. The van der Waals surface area contributed by atoms with Crippen molar-refractivity contribution in [1.82, 2.24) is 15.1 Å². The van der Waals surface area contributed by atoms with Crippen molar-refractivity contribution in [2.24, 2.45) is 5.92 Å². The Bertz CT molecular complexity index is 413. The number of hydrogen-bond donors (Lipinski definition) is 1. The maximum absolute atomic E-state index is 11.7. The molecule has 1 rings (SSSR count). The number of carbonyl (C=O) groups is 1. The fraction of sp³-hybridized carbons (Fsp3) is 0.600. The molecule has 0 saturated heterocycles. The minimum absolute atomic E-state index is 0.117. The minimum Gasteiger partial charge on any atom is -0.354 e. The van der Waals surface area contributed by atoms with Gasteiger partial charge in [-0.3, -0.25) is 19.6 Å². The van der Waals surface area contributed by atoms with E-state index >= 15 is 0 Å². The van der Waals surface area contributed by atoms with Crippen LogP contribution in [0, 0.1) is 16.0 Å².